The molecule has 0 atom stereocenters. The summed E-state index contributed by atoms with van der Waals surface area (Å²) in [5, 5.41) is 2.58. The smallest absolute Gasteiger partial charge is 0.338 e. The van der Waals surface area contributed by atoms with Gasteiger partial charge in [-0.1, -0.05) is 32.4 Å². The lowest BCUT2D eigenvalue weighted by atomic mass is 10.0. The Morgan fingerprint density at radius 2 is 1.70 bits per heavy atom. The van der Waals surface area contributed by atoms with E-state index in [2.05, 4.69) is 19.2 Å². The molecule has 1 saturated heterocycles. The van der Waals surface area contributed by atoms with Crippen LogP contribution in [0.25, 0.3) is 0 Å². The fourth-order valence-electron chi connectivity index (χ4n) is 3.60. The normalized spacial score (nSPS) is 14.7. The average molecular weight is 475 g/mol. The van der Waals surface area contributed by atoms with Crippen LogP contribution in [0.5, 0.6) is 5.75 Å². The van der Waals surface area contributed by atoms with Gasteiger partial charge in [-0.3, -0.25) is 4.79 Å². The first-order valence-corrected chi connectivity index (χ1v) is 12.4. The minimum atomic E-state index is -3.68. The highest BCUT2D eigenvalue weighted by atomic mass is 32.2. The maximum atomic E-state index is 13.0. The van der Waals surface area contributed by atoms with Crippen LogP contribution >= 0.6 is 0 Å². The number of nitrogens with one attached hydrogen (secondary N) is 1. The van der Waals surface area contributed by atoms with Gasteiger partial charge >= 0.3 is 5.97 Å². The molecule has 3 rings (SSSR count). The van der Waals surface area contributed by atoms with Gasteiger partial charge in [-0.2, -0.15) is 4.31 Å². The number of methoxy groups -OCH3 is 1. The molecule has 33 heavy (non-hydrogen) atoms. The summed E-state index contributed by atoms with van der Waals surface area (Å²) < 4.78 is 37.8. The fraction of sp³-hybridized carbons (Fsp3) is 0.417. The quantitative estimate of drug-likeness (QED) is 0.584. The van der Waals surface area contributed by atoms with Crippen molar-refractivity contribution in [1.29, 1.82) is 0 Å². The molecule has 178 valence electrons. The first kappa shape index (κ1) is 24.7. The van der Waals surface area contributed by atoms with E-state index in [0.717, 1.165) is 24.8 Å². The van der Waals surface area contributed by atoms with E-state index in [9.17, 15) is 18.0 Å². The number of ether oxygens (including phenoxy) is 2. The van der Waals surface area contributed by atoms with Gasteiger partial charge in [0.15, 0.2) is 6.61 Å². The highest BCUT2D eigenvalue weighted by molar-refractivity contribution is 7.89. The van der Waals surface area contributed by atoms with Crippen molar-refractivity contribution in [3.05, 3.63) is 53.6 Å². The Morgan fingerprint density at radius 1 is 1.03 bits per heavy atom. The molecule has 0 saturated carbocycles. The molecule has 0 radical (unpaired) electrons. The Balaban J connectivity index is 1.67. The molecule has 1 aliphatic rings. The van der Waals surface area contributed by atoms with Crippen molar-refractivity contribution in [2.75, 3.05) is 32.1 Å². The molecule has 0 bridgehead atoms. The van der Waals surface area contributed by atoms with E-state index < -0.39 is 28.5 Å². The topological polar surface area (TPSA) is 102 Å². The number of piperidine rings is 1. The number of hydrogen-bond donors (Lipinski definition) is 1. The predicted octanol–water partition coefficient (Wildman–Crippen LogP) is 3.79. The molecule has 1 aliphatic heterocycles. The highest BCUT2D eigenvalue weighted by Crippen LogP contribution is 2.30. The van der Waals surface area contributed by atoms with E-state index in [0.29, 0.717) is 30.3 Å². The summed E-state index contributed by atoms with van der Waals surface area (Å²) in [5.41, 5.74) is 1.63. The van der Waals surface area contributed by atoms with Crippen molar-refractivity contribution in [3.63, 3.8) is 0 Å². The lowest BCUT2D eigenvalue weighted by Crippen LogP contribution is -2.35. The second-order valence-electron chi connectivity index (χ2n) is 8.23. The molecule has 0 aliphatic carbocycles. The summed E-state index contributed by atoms with van der Waals surface area (Å²) in [6.45, 7) is 4.54. The Hall–Kier alpha value is -2.91. The van der Waals surface area contributed by atoms with Crippen LogP contribution in [0.4, 0.5) is 5.69 Å². The fourth-order valence-corrected chi connectivity index (χ4v) is 5.15. The lowest BCUT2D eigenvalue weighted by molar-refractivity contribution is -0.119. The van der Waals surface area contributed by atoms with Gasteiger partial charge in [0.05, 0.1) is 23.3 Å². The van der Waals surface area contributed by atoms with Crippen molar-refractivity contribution < 1.29 is 27.5 Å². The van der Waals surface area contributed by atoms with Gasteiger partial charge in [-0.15, -0.1) is 0 Å². The first-order chi connectivity index (χ1) is 15.7. The number of carbonyl (C=O) groups excluding carboxylic acids is 2. The zero-order chi connectivity index (χ0) is 24.0. The van der Waals surface area contributed by atoms with E-state index in [1.165, 1.54) is 29.6 Å². The minimum absolute atomic E-state index is 0.0720. The monoisotopic (exact) mass is 474 g/mol. The second-order valence-corrected chi connectivity index (χ2v) is 10.2. The molecule has 2 aromatic carbocycles. The van der Waals surface area contributed by atoms with Crippen LogP contribution in [0, 0.1) is 0 Å². The third-order valence-electron chi connectivity index (χ3n) is 5.55. The zero-order valence-corrected chi connectivity index (χ0v) is 20.0. The van der Waals surface area contributed by atoms with Crippen molar-refractivity contribution >= 4 is 27.6 Å². The van der Waals surface area contributed by atoms with Gasteiger partial charge in [0.1, 0.15) is 5.75 Å². The van der Waals surface area contributed by atoms with E-state index >= 15 is 0 Å². The Bertz CT molecular complexity index is 1090. The Morgan fingerprint density at radius 3 is 2.30 bits per heavy atom. The molecule has 1 fully saturated rings. The van der Waals surface area contributed by atoms with Gasteiger partial charge < -0.3 is 14.8 Å². The van der Waals surface area contributed by atoms with Crippen LogP contribution in [0.2, 0.25) is 0 Å². The molecule has 1 amide bonds. The second kappa shape index (κ2) is 10.8. The minimum Gasteiger partial charge on any atom is -0.495 e. The van der Waals surface area contributed by atoms with Crippen LogP contribution in [-0.2, 0) is 19.6 Å². The molecule has 0 aromatic heterocycles. The number of rotatable bonds is 8. The number of hydrogen-bond acceptors (Lipinski definition) is 6. The standard InChI is InChI=1S/C24H30N2O6S/c1-17(2)18-7-9-19(10-8-18)24(28)32-16-23(27)25-21-15-20(11-12-22(21)31-3)33(29,30)26-13-5-4-6-14-26/h7-12,15,17H,4-6,13-14,16H2,1-3H3,(H,25,27). The van der Waals surface area contributed by atoms with Crippen LogP contribution in [0.15, 0.2) is 47.4 Å². The summed E-state index contributed by atoms with van der Waals surface area (Å²) in [6.07, 6.45) is 2.66. The van der Waals surface area contributed by atoms with Crippen LogP contribution in [0.3, 0.4) is 0 Å². The molecule has 0 spiro atoms. The SMILES string of the molecule is COc1ccc(S(=O)(=O)N2CCCCC2)cc1NC(=O)COC(=O)c1ccc(C(C)C)cc1. The van der Waals surface area contributed by atoms with Crippen molar-refractivity contribution in [1.82, 2.24) is 4.31 Å². The highest BCUT2D eigenvalue weighted by Gasteiger charge is 2.27. The molecular weight excluding hydrogens is 444 g/mol. The van der Waals surface area contributed by atoms with Crippen LogP contribution in [-0.4, -0.2) is 51.4 Å². The van der Waals surface area contributed by atoms with Crippen LogP contribution in [0.1, 0.15) is 54.9 Å². The van der Waals surface area contributed by atoms with Gasteiger partial charge in [-0.25, -0.2) is 13.2 Å². The largest absolute Gasteiger partial charge is 0.495 e. The molecule has 1 N–H and O–H groups in total. The third kappa shape index (κ3) is 6.11. The number of carbonyl (C=O) groups is 2. The summed E-state index contributed by atoms with van der Waals surface area (Å²) in [7, 11) is -2.25. The maximum Gasteiger partial charge on any atom is 0.338 e. The van der Waals surface area contributed by atoms with E-state index in [1.54, 1.807) is 12.1 Å². The summed E-state index contributed by atoms with van der Waals surface area (Å²) in [6, 6.07) is 11.3. The van der Waals surface area contributed by atoms with E-state index in [1.807, 2.05) is 12.1 Å². The van der Waals surface area contributed by atoms with Crippen molar-refractivity contribution in [2.45, 2.75) is 43.9 Å². The number of sulfonamides is 1. The van der Waals surface area contributed by atoms with Crippen LogP contribution < -0.4 is 10.1 Å². The molecule has 0 unspecified atom stereocenters. The summed E-state index contributed by atoms with van der Waals surface area (Å²) in [4.78, 5) is 24.7. The first-order valence-electron chi connectivity index (χ1n) is 11.0. The number of esters is 1. The van der Waals surface area contributed by atoms with Gasteiger partial charge in [-0.05, 0) is 54.7 Å². The number of amides is 1. The summed E-state index contributed by atoms with van der Waals surface area (Å²) >= 11 is 0. The average Bonchev–Trinajstić information content (AvgIpc) is 2.83. The van der Waals surface area contributed by atoms with Gasteiger partial charge in [0.2, 0.25) is 10.0 Å². The molecule has 8 nitrogen and oxygen atoms in total. The maximum absolute atomic E-state index is 13.0. The van der Waals surface area contributed by atoms with Crippen molar-refractivity contribution in [3.8, 4) is 5.75 Å². The zero-order valence-electron chi connectivity index (χ0n) is 19.2. The molecule has 2 aromatic rings. The summed E-state index contributed by atoms with van der Waals surface area (Å²) in [5.74, 6) is -0.580. The van der Waals surface area contributed by atoms with Crippen molar-refractivity contribution in [2.24, 2.45) is 0 Å². The molecule has 1 heterocycles. The third-order valence-corrected chi connectivity index (χ3v) is 7.44. The van der Waals surface area contributed by atoms with E-state index in [4.69, 9.17) is 9.47 Å². The predicted molar refractivity (Wildman–Crippen MR) is 125 cm³/mol. The molecular formula is C24H30N2O6S. The lowest BCUT2D eigenvalue weighted by Gasteiger charge is -2.26. The Kier molecular flexibility index (Phi) is 8.10. The Labute approximate surface area is 194 Å². The van der Waals surface area contributed by atoms with E-state index in [-0.39, 0.29) is 10.6 Å². The van der Waals surface area contributed by atoms with Gasteiger partial charge in [0, 0.05) is 13.1 Å². The number of anilines is 1. The number of benzene rings is 2. The number of nitrogens with zero attached hydrogens (tertiary/aromatic N) is 1. The van der Waals surface area contributed by atoms with Gasteiger partial charge in [0.25, 0.3) is 5.91 Å². The molecule has 9 heteroatoms.